The highest BCUT2D eigenvalue weighted by atomic mass is 35.5. The van der Waals surface area contributed by atoms with Crippen LogP contribution >= 0.6 is 36.2 Å². The predicted molar refractivity (Wildman–Crippen MR) is 101 cm³/mol. The molecule has 0 spiro atoms. The maximum absolute atomic E-state index is 6.21. The average Bonchev–Trinajstić information content (AvgIpc) is 3.04. The van der Waals surface area contributed by atoms with Crippen LogP contribution in [0.15, 0.2) is 21.2 Å². The van der Waals surface area contributed by atoms with Gasteiger partial charge in [0.05, 0.1) is 5.69 Å². The minimum absolute atomic E-state index is 0. The summed E-state index contributed by atoms with van der Waals surface area (Å²) in [5.41, 5.74) is 8.47. The second-order valence-electron chi connectivity index (χ2n) is 6.63. The number of thiophene rings is 1. The maximum atomic E-state index is 6.21. The summed E-state index contributed by atoms with van der Waals surface area (Å²) >= 11 is 1.66. The molecule has 0 aromatic carbocycles. The Balaban J connectivity index is 0.00000132. The van der Waals surface area contributed by atoms with Gasteiger partial charge in [-0.3, -0.25) is 4.90 Å². The van der Waals surface area contributed by atoms with E-state index < -0.39 is 0 Å². The molecular formula is C16H25Cl2N3OS. The Morgan fingerprint density at radius 2 is 2.17 bits per heavy atom. The molecule has 1 aliphatic heterocycles. The summed E-state index contributed by atoms with van der Waals surface area (Å²) in [6, 6.07) is 2.33. The van der Waals surface area contributed by atoms with E-state index in [-0.39, 0.29) is 36.3 Å². The van der Waals surface area contributed by atoms with Crippen LogP contribution < -0.4 is 5.73 Å². The molecule has 0 amide bonds. The quantitative estimate of drug-likeness (QED) is 0.873. The molecule has 0 aliphatic carbocycles. The van der Waals surface area contributed by atoms with Gasteiger partial charge in [-0.05, 0) is 30.2 Å². The molecule has 2 aromatic heterocycles. The van der Waals surface area contributed by atoms with E-state index in [9.17, 15) is 0 Å². The third kappa shape index (κ3) is 4.48. The van der Waals surface area contributed by atoms with Gasteiger partial charge in [0.1, 0.15) is 5.76 Å². The Kier molecular flexibility index (Phi) is 7.11. The number of halogens is 2. The first-order chi connectivity index (χ1) is 9.95. The Labute approximate surface area is 154 Å². The lowest BCUT2D eigenvalue weighted by Gasteiger charge is -2.42. The highest BCUT2D eigenvalue weighted by Crippen LogP contribution is 2.30. The number of nitrogens with two attached hydrogens (primary N) is 1. The lowest BCUT2D eigenvalue weighted by Crippen LogP contribution is -2.52. The monoisotopic (exact) mass is 377 g/mol. The molecule has 23 heavy (non-hydrogen) atoms. The van der Waals surface area contributed by atoms with Crippen LogP contribution in [0, 0.1) is 12.3 Å². The fraction of sp³-hybridized carbons (Fsp3) is 0.562. The molecule has 3 heterocycles. The zero-order valence-corrected chi connectivity index (χ0v) is 16.2. The number of nitrogens with zero attached hydrogens (tertiary/aromatic N) is 2. The van der Waals surface area contributed by atoms with Gasteiger partial charge in [0.15, 0.2) is 0 Å². The Bertz CT molecular complexity index is 613. The first-order valence-electron chi connectivity index (χ1n) is 7.42. The van der Waals surface area contributed by atoms with E-state index in [0.29, 0.717) is 0 Å². The number of hydrogen-bond donors (Lipinski definition) is 1. The summed E-state index contributed by atoms with van der Waals surface area (Å²) in [4.78, 5) is 7.12. The minimum Gasteiger partial charge on any atom is -0.441 e. The largest absolute Gasteiger partial charge is 0.441 e. The molecule has 1 aliphatic rings. The maximum Gasteiger partial charge on any atom is 0.227 e. The first kappa shape index (κ1) is 20.5. The van der Waals surface area contributed by atoms with Gasteiger partial charge in [-0.25, -0.2) is 4.98 Å². The highest BCUT2D eigenvalue weighted by molar-refractivity contribution is 7.08. The molecule has 1 saturated heterocycles. The van der Waals surface area contributed by atoms with Crippen LogP contribution in [0.3, 0.4) is 0 Å². The van der Waals surface area contributed by atoms with Crippen molar-refractivity contribution in [3.63, 3.8) is 0 Å². The van der Waals surface area contributed by atoms with Gasteiger partial charge in [0.25, 0.3) is 0 Å². The van der Waals surface area contributed by atoms with Gasteiger partial charge < -0.3 is 10.2 Å². The van der Waals surface area contributed by atoms with Crippen molar-refractivity contribution < 1.29 is 4.42 Å². The molecule has 1 unspecified atom stereocenters. The standard InChI is InChI=1S/C16H23N3OS.2ClH/c1-11-13(18-15(20-11)12-5-7-21-9-12)8-19-6-4-14(17)16(2,3)10-19;;/h5,7,9,14H,4,6,8,10,17H2,1-3H3;2*1H. The Hall–Kier alpha value is -0.590. The van der Waals surface area contributed by atoms with Crippen LogP contribution in [0.1, 0.15) is 31.7 Å². The first-order valence-corrected chi connectivity index (χ1v) is 8.37. The van der Waals surface area contributed by atoms with Crippen molar-refractivity contribution in [1.82, 2.24) is 9.88 Å². The van der Waals surface area contributed by atoms with Gasteiger partial charge in [-0.2, -0.15) is 11.3 Å². The summed E-state index contributed by atoms with van der Waals surface area (Å²) in [6.45, 7) is 9.38. The number of aryl methyl sites for hydroxylation is 1. The number of oxazole rings is 1. The van der Waals surface area contributed by atoms with Crippen LogP contribution in [-0.2, 0) is 6.54 Å². The third-order valence-electron chi connectivity index (χ3n) is 4.43. The van der Waals surface area contributed by atoms with Gasteiger partial charge in [0, 0.05) is 36.6 Å². The molecule has 2 aromatic rings. The molecule has 0 radical (unpaired) electrons. The van der Waals surface area contributed by atoms with Gasteiger partial charge >= 0.3 is 0 Å². The van der Waals surface area contributed by atoms with Crippen molar-refractivity contribution >= 4 is 36.2 Å². The van der Waals surface area contributed by atoms with Crippen molar-refractivity contribution in [3.05, 3.63) is 28.3 Å². The molecule has 1 fully saturated rings. The van der Waals surface area contributed by atoms with Crippen molar-refractivity contribution in [3.8, 4) is 11.5 Å². The number of rotatable bonds is 3. The summed E-state index contributed by atoms with van der Waals surface area (Å²) < 4.78 is 5.82. The molecule has 2 N–H and O–H groups in total. The number of piperidine rings is 1. The lowest BCUT2D eigenvalue weighted by atomic mass is 9.79. The molecule has 130 valence electrons. The van der Waals surface area contributed by atoms with E-state index >= 15 is 0 Å². The average molecular weight is 378 g/mol. The van der Waals surface area contributed by atoms with Gasteiger partial charge in [-0.15, -0.1) is 24.8 Å². The van der Waals surface area contributed by atoms with Crippen LogP contribution in [0.4, 0.5) is 0 Å². The molecule has 0 bridgehead atoms. The Morgan fingerprint density at radius 1 is 1.43 bits per heavy atom. The predicted octanol–water partition coefficient (Wildman–Crippen LogP) is 4.11. The molecule has 3 rings (SSSR count). The normalized spacial score (nSPS) is 20.6. The van der Waals surface area contributed by atoms with E-state index in [1.165, 1.54) is 0 Å². The van der Waals surface area contributed by atoms with Crippen molar-refractivity contribution in [2.45, 2.75) is 39.8 Å². The topological polar surface area (TPSA) is 55.3 Å². The fourth-order valence-corrected chi connectivity index (χ4v) is 3.55. The summed E-state index contributed by atoms with van der Waals surface area (Å²) in [7, 11) is 0. The van der Waals surface area contributed by atoms with Gasteiger partial charge in [-0.1, -0.05) is 13.8 Å². The van der Waals surface area contributed by atoms with E-state index in [4.69, 9.17) is 10.2 Å². The lowest BCUT2D eigenvalue weighted by molar-refractivity contribution is 0.0887. The van der Waals surface area contributed by atoms with E-state index in [1.54, 1.807) is 11.3 Å². The number of aromatic nitrogens is 1. The van der Waals surface area contributed by atoms with Crippen LogP contribution in [0.25, 0.3) is 11.5 Å². The number of hydrogen-bond acceptors (Lipinski definition) is 5. The highest BCUT2D eigenvalue weighted by Gasteiger charge is 2.33. The zero-order valence-electron chi connectivity index (χ0n) is 13.7. The molecule has 0 saturated carbocycles. The zero-order chi connectivity index (χ0) is 15.0. The second kappa shape index (κ2) is 7.99. The SMILES string of the molecule is Cc1oc(-c2ccsc2)nc1CN1CCC(N)C(C)(C)C1.Cl.Cl. The van der Waals surface area contributed by atoms with E-state index in [0.717, 1.165) is 49.0 Å². The Morgan fingerprint density at radius 3 is 2.78 bits per heavy atom. The smallest absolute Gasteiger partial charge is 0.227 e. The van der Waals surface area contributed by atoms with E-state index in [1.807, 2.05) is 18.4 Å². The second-order valence-corrected chi connectivity index (χ2v) is 7.41. The summed E-state index contributed by atoms with van der Waals surface area (Å²) in [6.07, 6.45) is 1.04. The molecule has 1 atom stereocenters. The number of likely N-dealkylation sites (tertiary alicyclic amines) is 1. The summed E-state index contributed by atoms with van der Waals surface area (Å²) in [5.74, 6) is 1.65. The van der Waals surface area contributed by atoms with Crippen LogP contribution in [0.2, 0.25) is 0 Å². The van der Waals surface area contributed by atoms with Crippen LogP contribution in [-0.4, -0.2) is 29.0 Å². The van der Waals surface area contributed by atoms with E-state index in [2.05, 4.69) is 29.1 Å². The van der Waals surface area contributed by atoms with Gasteiger partial charge in [0.2, 0.25) is 5.89 Å². The summed E-state index contributed by atoms with van der Waals surface area (Å²) in [5, 5.41) is 4.11. The van der Waals surface area contributed by atoms with Crippen LogP contribution in [0.5, 0.6) is 0 Å². The van der Waals surface area contributed by atoms with Crippen molar-refractivity contribution in [2.24, 2.45) is 11.1 Å². The third-order valence-corrected chi connectivity index (χ3v) is 5.11. The fourth-order valence-electron chi connectivity index (χ4n) is 2.92. The molecule has 4 nitrogen and oxygen atoms in total. The van der Waals surface area contributed by atoms with Crippen molar-refractivity contribution in [1.29, 1.82) is 0 Å². The minimum atomic E-state index is 0. The molecule has 7 heteroatoms. The van der Waals surface area contributed by atoms with Crippen molar-refractivity contribution in [2.75, 3.05) is 13.1 Å². The molecular weight excluding hydrogens is 353 g/mol.